The number of benzene rings is 1. The van der Waals surface area contributed by atoms with Crippen molar-refractivity contribution in [3.8, 4) is 17.6 Å². The fourth-order valence-electron chi connectivity index (χ4n) is 4.49. The number of hydrogen-bond donors (Lipinski definition) is 2. The molecule has 0 saturated carbocycles. The molecule has 3 aromatic rings. The van der Waals surface area contributed by atoms with Gasteiger partial charge in [-0.15, -0.1) is 11.3 Å². The molecule has 0 spiro atoms. The van der Waals surface area contributed by atoms with E-state index in [-0.39, 0.29) is 12.5 Å². The highest BCUT2D eigenvalue weighted by atomic mass is 32.1. The van der Waals surface area contributed by atoms with Gasteiger partial charge in [0.15, 0.2) is 5.01 Å². The Morgan fingerprint density at radius 1 is 1.25 bits per heavy atom. The predicted octanol–water partition coefficient (Wildman–Crippen LogP) is 3.50. The third-order valence-electron chi connectivity index (χ3n) is 6.29. The highest BCUT2D eigenvalue weighted by Crippen LogP contribution is 2.33. The van der Waals surface area contributed by atoms with Crippen LogP contribution >= 0.6 is 11.3 Å². The Morgan fingerprint density at radius 2 is 2.16 bits per heavy atom. The number of pyridine rings is 1. The average Bonchev–Trinajstić information content (AvgIpc) is 3.35. The number of fused-ring (bicyclic) bond motifs is 1. The van der Waals surface area contributed by atoms with Gasteiger partial charge in [-0.05, 0) is 73.4 Å². The van der Waals surface area contributed by atoms with E-state index in [1.807, 2.05) is 29.6 Å². The van der Waals surface area contributed by atoms with Gasteiger partial charge in [0, 0.05) is 36.3 Å². The van der Waals surface area contributed by atoms with E-state index in [4.69, 9.17) is 4.74 Å². The average molecular weight is 452 g/mol. The van der Waals surface area contributed by atoms with E-state index >= 15 is 0 Å². The topological polar surface area (TPSA) is 78.7 Å². The van der Waals surface area contributed by atoms with Gasteiger partial charge in [-0.25, -0.2) is 4.98 Å². The Hall–Kier alpha value is -2.50. The second kappa shape index (κ2) is 10.9. The molecule has 1 aliphatic rings. The van der Waals surface area contributed by atoms with Gasteiger partial charge < -0.3 is 14.9 Å². The van der Waals surface area contributed by atoms with Gasteiger partial charge in [0.2, 0.25) is 0 Å². The number of methoxy groups -OCH3 is 1. The lowest BCUT2D eigenvalue weighted by molar-refractivity contribution is 0.0640. The van der Waals surface area contributed by atoms with Crippen molar-refractivity contribution >= 4 is 22.2 Å². The van der Waals surface area contributed by atoms with Gasteiger partial charge in [-0.1, -0.05) is 5.92 Å². The number of rotatable bonds is 7. The molecule has 1 fully saturated rings. The van der Waals surface area contributed by atoms with Crippen molar-refractivity contribution in [2.24, 2.45) is 11.8 Å². The van der Waals surface area contributed by atoms with E-state index in [1.165, 1.54) is 0 Å². The smallest absolute Gasteiger partial charge is 0.166 e. The summed E-state index contributed by atoms with van der Waals surface area (Å²) >= 11 is 1.55. The summed E-state index contributed by atoms with van der Waals surface area (Å²) < 4.78 is 5.35. The SMILES string of the molecule is COc1ccc2nccc([C@H](O)CC[C@@H]3CCN(CC#Cc4nccs4)C[C@@H]3CO)c2c1. The summed E-state index contributed by atoms with van der Waals surface area (Å²) in [5.74, 6) is 7.65. The minimum atomic E-state index is -0.575. The normalized spacial score (nSPS) is 20.0. The van der Waals surface area contributed by atoms with Crippen LogP contribution in [0.4, 0.5) is 0 Å². The first kappa shape index (κ1) is 22.7. The molecule has 1 aliphatic heterocycles. The lowest BCUT2D eigenvalue weighted by atomic mass is 9.81. The molecule has 3 atom stereocenters. The van der Waals surface area contributed by atoms with E-state index in [0.717, 1.165) is 53.2 Å². The van der Waals surface area contributed by atoms with Crippen LogP contribution in [0.3, 0.4) is 0 Å². The molecule has 3 heterocycles. The summed E-state index contributed by atoms with van der Waals surface area (Å²) in [6.07, 6.45) is 5.47. The molecule has 0 amide bonds. The zero-order chi connectivity index (χ0) is 22.3. The molecule has 32 heavy (non-hydrogen) atoms. The van der Waals surface area contributed by atoms with Crippen LogP contribution in [0.2, 0.25) is 0 Å². The van der Waals surface area contributed by atoms with E-state index in [9.17, 15) is 10.2 Å². The molecule has 7 heteroatoms. The quantitative estimate of drug-likeness (QED) is 0.536. The molecule has 4 rings (SSSR count). The van der Waals surface area contributed by atoms with Crippen LogP contribution in [0.1, 0.15) is 35.9 Å². The lowest BCUT2D eigenvalue weighted by Crippen LogP contribution is -2.42. The number of piperidine rings is 1. The molecule has 0 radical (unpaired) electrons. The van der Waals surface area contributed by atoms with Crippen LogP contribution in [0, 0.1) is 23.7 Å². The van der Waals surface area contributed by atoms with E-state index in [2.05, 4.69) is 26.7 Å². The third kappa shape index (κ3) is 5.45. The van der Waals surface area contributed by atoms with Gasteiger partial charge in [0.1, 0.15) is 5.75 Å². The monoisotopic (exact) mass is 451 g/mol. The van der Waals surface area contributed by atoms with Crippen molar-refractivity contribution in [3.63, 3.8) is 0 Å². The van der Waals surface area contributed by atoms with Gasteiger partial charge in [0.25, 0.3) is 0 Å². The summed E-state index contributed by atoms with van der Waals surface area (Å²) in [6.45, 7) is 2.64. The van der Waals surface area contributed by atoms with Crippen molar-refractivity contribution < 1.29 is 14.9 Å². The van der Waals surface area contributed by atoms with Crippen LogP contribution in [0.5, 0.6) is 5.75 Å². The maximum Gasteiger partial charge on any atom is 0.166 e. The number of aliphatic hydroxyl groups excluding tert-OH is 2. The zero-order valence-electron chi connectivity index (χ0n) is 18.3. The molecular formula is C25H29N3O3S. The second-order valence-electron chi connectivity index (χ2n) is 8.24. The van der Waals surface area contributed by atoms with Crippen molar-refractivity contribution in [1.29, 1.82) is 0 Å². The van der Waals surface area contributed by atoms with Crippen molar-refractivity contribution in [3.05, 3.63) is 52.6 Å². The molecule has 1 saturated heterocycles. The first-order chi connectivity index (χ1) is 15.7. The largest absolute Gasteiger partial charge is 0.497 e. The first-order valence-electron chi connectivity index (χ1n) is 11.0. The molecule has 2 aromatic heterocycles. The van der Waals surface area contributed by atoms with Crippen LogP contribution in [0.15, 0.2) is 42.0 Å². The van der Waals surface area contributed by atoms with Crippen molar-refractivity contribution in [2.45, 2.75) is 25.4 Å². The molecule has 6 nitrogen and oxygen atoms in total. The van der Waals surface area contributed by atoms with Crippen LogP contribution < -0.4 is 4.74 Å². The number of thiazole rings is 1. The molecule has 0 aliphatic carbocycles. The van der Waals surface area contributed by atoms with Crippen molar-refractivity contribution in [2.75, 3.05) is 33.4 Å². The van der Waals surface area contributed by atoms with Crippen LogP contribution in [-0.4, -0.2) is 58.4 Å². The highest BCUT2D eigenvalue weighted by Gasteiger charge is 2.29. The molecule has 1 aromatic carbocycles. The number of ether oxygens (including phenoxy) is 1. The fraction of sp³-hybridized carbons (Fsp3) is 0.440. The molecule has 168 valence electrons. The number of aliphatic hydroxyl groups is 2. The summed E-state index contributed by atoms with van der Waals surface area (Å²) in [5.41, 5.74) is 1.73. The summed E-state index contributed by atoms with van der Waals surface area (Å²) in [5, 5.41) is 24.6. The van der Waals surface area contributed by atoms with Gasteiger partial charge >= 0.3 is 0 Å². The third-order valence-corrected chi connectivity index (χ3v) is 6.98. The lowest BCUT2D eigenvalue weighted by Gasteiger charge is -2.37. The van der Waals surface area contributed by atoms with E-state index in [1.54, 1.807) is 30.8 Å². The predicted molar refractivity (Wildman–Crippen MR) is 127 cm³/mol. The Kier molecular flexibility index (Phi) is 7.72. The maximum atomic E-state index is 11.0. The molecule has 2 N–H and O–H groups in total. The summed E-state index contributed by atoms with van der Waals surface area (Å²) in [6, 6.07) is 7.62. The van der Waals surface area contributed by atoms with E-state index in [0.29, 0.717) is 18.9 Å². The van der Waals surface area contributed by atoms with Gasteiger partial charge in [0.05, 0.1) is 25.3 Å². The van der Waals surface area contributed by atoms with Gasteiger partial charge in [-0.3, -0.25) is 9.88 Å². The Morgan fingerprint density at radius 3 is 2.94 bits per heavy atom. The van der Waals surface area contributed by atoms with Crippen LogP contribution in [-0.2, 0) is 0 Å². The highest BCUT2D eigenvalue weighted by molar-refractivity contribution is 7.10. The maximum absolute atomic E-state index is 11.0. The zero-order valence-corrected chi connectivity index (χ0v) is 19.1. The Labute approximate surface area is 192 Å². The number of nitrogens with zero attached hydrogens (tertiary/aromatic N) is 3. The molecule has 0 unspecified atom stereocenters. The number of likely N-dealkylation sites (tertiary alicyclic amines) is 1. The Bertz CT molecular complexity index is 1080. The minimum absolute atomic E-state index is 0.159. The molecule has 0 bridgehead atoms. The van der Waals surface area contributed by atoms with Crippen LogP contribution in [0.25, 0.3) is 10.9 Å². The minimum Gasteiger partial charge on any atom is -0.497 e. The first-order valence-corrected chi connectivity index (χ1v) is 11.9. The fourth-order valence-corrected chi connectivity index (χ4v) is 4.99. The van der Waals surface area contributed by atoms with Gasteiger partial charge in [-0.2, -0.15) is 0 Å². The molecular weight excluding hydrogens is 422 g/mol. The Balaban J connectivity index is 1.35. The second-order valence-corrected chi connectivity index (χ2v) is 9.14. The van der Waals surface area contributed by atoms with Crippen molar-refractivity contribution in [1.82, 2.24) is 14.9 Å². The standard InChI is InChI=1S/C25H29N3O3S/c1-31-20-5-6-23-22(15-20)21(8-10-26-23)24(30)7-4-18-9-13-28(16-19(18)17-29)12-2-3-25-27-11-14-32-25/h5-6,8,10-11,14-15,18-19,24,29-30H,4,7,9,12-13,16-17H2,1H3/t18-,19-,24-/m1/s1. The summed E-state index contributed by atoms with van der Waals surface area (Å²) in [4.78, 5) is 10.9. The summed E-state index contributed by atoms with van der Waals surface area (Å²) in [7, 11) is 1.64. The number of hydrogen-bond acceptors (Lipinski definition) is 7. The number of aromatic nitrogens is 2. The van der Waals surface area contributed by atoms with E-state index < -0.39 is 6.10 Å².